The maximum atomic E-state index is 13.5. The van der Waals surface area contributed by atoms with Gasteiger partial charge in [0.2, 0.25) is 0 Å². The van der Waals surface area contributed by atoms with E-state index in [-0.39, 0.29) is 17.7 Å². The highest BCUT2D eigenvalue weighted by molar-refractivity contribution is 5.23. The van der Waals surface area contributed by atoms with E-state index >= 15 is 0 Å². The molecule has 1 spiro atoms. The maximum absolute atomic E-state index is 13.5. The summed E-state index contributed by atoms with van der Waals surface area (Å²) in [4.78, 5) is 0. The van der Waals surface area contributed by atoms with Gasteiger partial charge in [-0.25, -0.2) is 4.39 Å². The van der Waals surface area contributed by atoms with Gasteiger partial charge in [0.15, 0.2) is 17.4 Å². The van der Waals surface area contributed by atoms with Crippen LogP contribution in [0.15, 0.2) is 24.3 Å². The largest absolute Gasteiger partial charge is 0.487 e. The summed E-state index contributed by atoms with van der Waals surface area (Å²) in [5, 5.41) is 0. The van der Waals surface area contributed by atoms with Gasteiger partial charge in [-0.15, -0.1) is 0 Å². The van der Waals surface area contributed by atoms with E-state index in [9.17, 15) is 4.39 Å². The highest BCUT2D eigenvalue weighted by Crippen LogP contribution is 2.37. The van der Waals surface area contributed by atoms with E-state index in [1.165, 1.54) is 6.07 Å². The molecule has 98 valence electrons. The summed E-state index contributed by atoms with van der Waals surface area (Å²) in [5.41, 5.74) is 0. The minimum absolute atomic E-state index is 0.0559. The fourth-order valence-electron chi connectivity index (χ4n) is 2.65. The van der Waals surface area contributed by atoms with Crippen molar-refractivity contribution in [3.63, 3.8) is 0 Å². The Morgan fingerprint density at radius 3 is 2.44 bits per heavy atom. The number of para-hydroxylation sites is 1. The van der Waals surface area contributed by atoms with Gasteiger partial charge in [0.05, 0.1) is 19.3 Å². The summed E-state index contributed by atoms with van der Waals surface area (Å²) in [7, 11) is 0. The lowest BCUT2D eigenvalue weighted by Crippen LogP contribution is -2.38. The Labute approximate surface area is 106 Å². The molecule has 0 bridgehead atoms. The minimum atomic E-state index is -0.380. The molecule has 4 heteroatoms. The molecule has 3 rings (SSSR count). The van der Waals surface area contributed by atoms with E-state index in [1.54, 1.807) is 18.2 Å². The standard InChI is InChI=1S/C14H17FO3/c15-12-3-1-2-4-13(12)18-11-5-7-14(8-6-11)16-9-10-17-14/h1-4,11H,5-10H2. The third kappa shape index (κ3) is 2.35. The van der Waals surface area contributed by atoms with Crippen molar-refractivity contribution in [1.82, 2.24) is 0 Å². The van der Waals surface area contributed by atoms with Gasteiger partial charge < -0.3 is 14.2 Å². The molecule has 1 saturated heterocycles. The van der Waals surface area contributed by atoms with Crippen molar-refractivity contribution < 1.29 is 18.6 Å². The van der Waals surface area contributed by atoms with Gasteiger partial charge >= 0.3 is 0 Å². The molecule has 0 radical (unpaired) electrons. The Kier molecular flexibility index (Phi) is 3.22. The van der Waals surface area contributed by atoms with Crippen molar-refractivity contribution in [3.05, 3.63) is 30.1 Å². The van der Waals surface area contributed by atoms with E-state index in [4.69, 9.17) is 14.2 Å². The van der Waals surface area contributed by atoms with Crippen molar-refractivity contribution in [2.45, 2.75) is 37.6 Å². The van der Waals surface area contributed by atoms with Crippen molar-refractivity contribution in [3.8, 4) is 5.75 Å². The highest BCUT2D eigenvalue weighted by Gasteiger charge is 2.40. The van der Waals surface area contributed by atoms with Crippen molar-refractivity contribution in [2.24, 2.45) is 0 Å². The lowest BCUT2D eigenvalue weighted by atomic mass is 9.92. The summed E-state index contributed by atoms with van der Waals surface area (Å²) in [6.45, 7) is 1.36. The average Bonchev–Trinajstić information content (AvgIpc) is 2.84. The number of rotatable bonds is 2. The first kappa shape index (κ1) is 11.9. The zero-order valence-corrected chi connectivity index (χ0v) is 10.2. The normalized spacial score (nSPS) is 23.4. The topological polar surface area (TPSA) is 27.7 Å². The molecule has 2 aliphatic rings. The van der Waals surface area contributed by atoms with Crippen LogP contribution in [0, 0.1) is 5.82 Å². The van der Waals surface area contributed by atoms with Crippen LogP contribution < -0.4 is 4.74 Å². The quantitative estimate of drug-likeness (QED) is 0.810. The SMILES string of the molecule is Fc1ccccc1OC1CCC2(CC1)OCCO2. The number of benzene rings is 1. The van der Waals surface area contributed by atoms with Crippen LogP contribution in [0.3, 0.4) is 0 Å². The molecule has 18 heavy (non-hydrogen) atoms. The Bertz CT molecular complexity index is 405. The second-order valence-corrected chi connectivity index (χ2v) is 4.86. The van der Waals surface area contributed by atoms with Gasteiger partial charge in [0, 0.05) is 12.8 Å². The van der Waals surface area contributed by atoms with Crippen LogP contribution in [0.5, 0.6) is 5.75 Å². The summed E-state index contributed by atoms with van der Waals surface area (Å²) < 4.78 is 30.5. The first-order valence-corrected chi connectivity index (χ1v) is 6.47. The molecule has 0 amide bonds. The fourth-order valence-corrected chi connectivity index (χ4v) is 2.65. The third-order valence-electron chi connectivity index (χ3n) is 3.64. The van der Waals surface area contributed by atoms with E-state index in [2.05, 4.69) is 0 Å². The van der Waals surface area contributed by atoms with Gasteiger partial charge in [-0.1, -0.05) is 12.1 Å². The van der Waals surface area contributed by atoms with Crippen LogP contribution in [-0.2, 0) is 9.47 Å². The summed E-state index contributed by atoms with van der Waals surface area (Å²) >= 11 is 0. The third-order valence-corrected chi connectivity index (χ3v) is 3.64. The van der Waals surface area contributed by atoms with Crippen molar-refractivity contribution >= 4 is 0 Å². The molecule has 1 saturated carbocycles. The zero-order valence-electron chi connectivity index (χ0n) is 10.2. The second kappa shape index (κ2) is 4.86. The van der Waals surface area contributed by atoms with Crippen LogP contribution in [0.1, 0.15) is 25.7 Å². The molecular weight excluding hydrogens is 235 g/mol. The monoisotopic (exact) mass is 252 g/mol. The molecule has 1 heterocycles. The Hall–Kier alpha value is -1.13. The first-order chi connectivity index (χ1) is 8.77. The van der Waals surface area contributed by atoms with E-state index in [0.717, 1.165) is 25.7 Å². The molecule has 1 aliphatic heterocycles. The van der Waals surface area contributed by atoms with Crippen LogP contribution in [0.2, 0.25) is 0 Å². The van der Waals surface area contributed by atoms with E-state index in [0.29, 0.717) is 19.0 Å². The van der Waals surface area contributed by atoms with Crippen LogP contribution in [-0.4, -0.2) is 25.1 Å². The van der Waals surface area contributed by atoms with Gasteiger partial charge in [0.1, 0.15) is 0 Å². The molecule has 3 nitrogen and oxygen atoms in total. The number of hydrogen-bond acceptors (Lipinski definition) is 3. The van der Waals surface area contributed by atoms with E-state index in [1.807, 2.05) is 0 Å². The molecule has 0 N–H and O–H groups in total. The number of ether oxygens (including phenoxy) is 3. The minimum Gasteiger partial charge on any atom is -0.487 e. The average molecular weight is 252 g/mol. The summed E-state index contributed by atoms with van der Waals surface area (Å²) in [5.74, 6) is -0.340. The lowest BCUT2D eigenvalue weighted by molar-refractivity contribution is -0.186. The molecule has 1 aliphatic carbocycles. The second-order valence-electron chi connectivity index (χ2n) is 4.86. The van der Waals surface area contributed by atoms with Crippen LogP contribution in [0.4, 0.5) is 4.39 Å². The molecule has 0 atom stereocenters. The Morgan fingerprint density at radius 1 is 1.11 bits per heavy atom. The molecular formula is C14H17FO3. The Balaban J connectivity index is 1.59. The zero-order chi connectivity index (χ0) is 12.4. The molecule has 1 aromatic carbocycles. The first-order valence-electron chi connectivity index (χ1n) is 6.47. The van der Waals surface area contributed by atoms with Gasteiger partial charge in [-0.3, -0.25) is 0 Å². The number of halogens is 1. The predicted molar refractivity (Wildman–Crippen MR) is 63.9 cm³/mol. The number of hydrogen-bond donors (Lipinski definition) is 0. The van der Waals surface area contributed by atoms with Gasteiger partial charge in [-0.2, -0.15) is 0 Å². The van der Waals surface area contributed by atoms with E-state index < -0.39 is 0 Å². The van der Waals surface area contributed by atoms with Crippen LogP contribution in [0.25, 0.3) is 0 Å². The van der Waals surface area contributed by atoms with Gasteiger partial charge in [0.25, 0.3) is 0 Å². The molecule has 0 unspecified atom stereocenters. The van der Waals surface area contributed by atoms with Crippen molar-refractivity contribution in [2.75, 3.05) is 13.2 Å². The van der Waals surface area contributed by atoms with Crippen molar-refractivity contribution in [1.29, 1.82) is 0 Å². The van der Waals surface area contributed by atoms with Crippen LogP contribution >= 0.6 is 0 Å². The summed E-state index contributed by atoms with van der Waals surface area (Å²) in [6.07, 6.45) is 3.39. The maximum Gasteiger partial charge on any atom is 0.168 e. The molecule has 1 aromatic rings. The molecule has 0 aromatic heterocycles. The predicted octanol–water partition coefficient (Wildman–Crippen LogP) is 2.89. The molecule has 2 fully saturated rings. The Morgan fingerprint density at radius 2 is 1.78 bits per heavy atom. The van der Waals surface area contributed by atoms with Gasteiger partial charge in [-0.05, 0) is 25.0 Å². The smallest absolute Gasteiger partial charge is 0.168 e. The lowest BCUT2D eigenvalue weighted by Gasteiger charge is -2.35. The fraction of sp³-hybridized carbons (Fsp3) is 0.571. The summed E-state index contributed by atoms with van der Waals surface area (Å²) in [6, 6.07) is 6.54. The highest BCUT2D eigenvalue weighted by atomic mass is 19.1.